The van der Waals surface area contributed by atoms with Crippen molar-refractivity contribution in [3.8, 4) is 11.5 Å². The van der Waals surface area contributed by atoms with Crippen molar-refractivity contribution in [3.63, 3.8) is 0 Å². The minimum atomic E-state index is -0.318. The fourth-order valence-electron chi connectivity index (χ4n) is 3.32. The van der Waals surface area contributed by atoms with E-state index in [0.717, 1.165) is 29.4 Å². The van der Waals surface area contributed by atoms with Crippen molar-refractivity contribution in [3.05, 3.63) is 59.4 Å². The SMILES string of the molecule is COc1cccc(OC(C)c2nnc(SCC(=O)Nc3ccc(C)c(C)c3)n2CC(C)C)c1. The van der Waals surface area contributed by atoms with Crippen LogP contribution in [-0.2, 0) is 11.3 Å². The number of anilines is 1. The van der Waals surface area contributed by atoms with Gasteiger partial charge in [-0.2, -0.15) is 0 Å². The van der Waals surface area contributed by atoms with E-state index < -0.39 is 0 Å². The number of nitrogens with zero attached hydrogens (tertiary/aromatic N) is 3. The van der Waals surface area contributed by atoms with Crippen molar-refractivity contribution in [1.82, 2.24) is 14.8 Å². The maximum Gasteiger partial charge on any atom is 0.234 e. The molecule has 1 unspecified atom stereocenters. The van der Waals surface area contributed by atoms with E-state index in [1.165, 1.54) is 17.3 Å². The highest BCUT2D eigenvalue weighted by atomic mass is 32.2. The quantitative estimate of drug-likeness (QED) is 0.400. The van der Waals surface area contributed by atoms with Crippen molar-refractivity contribution in [2.45, 2.75) is 52.4 Å². The van der Waals surface area contributed by atoms with Gasteiger partial charge in [-0.25, -0.2) is 0 Å². The zero-order valence-corrected chi connectivity index (χ0v) is 20.9. The predicted molar refractivity (Wildman–Crippen MR) is 132 cm³/mol. The summed E-state index contributed by atoms with van der Waals surface area (Å²) in [5.74, 6) is 2.70. The Labute approximate surface area is 199 Å². The second kappa shape index (κ2) is 11.2. The lowest BCUT2D eigenvalue weighted by atomic mass is 10.1. The Kier molecular flexibility index (Phi) is 8.38. The monoisotopic (exact) mass is 468 g/mol. The van der Waals surface area contributed by atoms with Gasteiger partial charge in [0.15, 0.2) is 17.1 Å². The molecular weight excluding hydrogens is 436 g/mol. The normalized spacial score (nSPS) is 12.0. The summed E-state index contributed by atoms with van der Waals surface area (Å²) in [6.07, 6.45) is -0.318. The van der Waals surface area contributed by atoms with Gasteiger partial charge in [-0.3, -0.25) is 4.79 Å². The van der Waals surface area contributed by atoms with Gasteiger partial charge in [0.2, 0.25) is 5.91 Å². The Morgan fingerprint density at radius 3 is 2.52 bits per heavy atom. The van der Waals surface area contributed by atoms with Crippen LogP contribution in [0.25, 0.3) is 0 Å². The summed E-state index contributed by atoms with van der Waals surface area (Å²) in [7, 11) is 1.63. The first-order chi connectivity index (χ1) is 15.8. The lowest BCUT2D eigenvalue weighted by Crippen LogP contribution is -2.17. The number of aryl methyl sites for hydroxylation is 2. The van der Waals surface area contributed by atoms with Crippen molar-refractivity contribution in [2.24, 2.45) is 5.92 Å². The van der Waals surface area contributed by atoms with E-state index in [-0.39, 0.29) is 17.8 Å². The topological polar surface area (TPSA) is 78.3 Å². The third-order valence-corrected chi connectivity index (χ3v) is 6.10. The molecule has 1 aromatic heterocycles. The molecule has 0 aliphatic carbocycles. The Hall–Kier alpha value is -3.00. The van der Waals surface area contributed by atoms with Crippen LogP contribution >= 0.6 is 11.8 Å². The van der Waals surface area contributed by atoms with E-state index in [0.29, 0.717) is 16.8 Å². The van der Waals surface area contributed by atoms with E-state index >= 15 is 0 Å². The number of carbonyl (C=O) groups is 1. The van der Waals surface area contributed by atoms with Gasteiger partial charge in [-0.1, -0.05) is 37.7 Å². The fourth-order valence-corrected chi connectivity index (χ4v) is 4.08. The van der Waals surface area contributed by atoms with E-state index in [1.807, 2.05) is 60.9 Å². The number of rotatable bonds is 10. The van der Waals surface area contributed by atoms with Crippen molar-refractivity contribution in [1.29, 1.82) is 0 Å². The van der Waals surface area contributed by atoms with E-state index in [2.05, 4.69) is 36.3 Å². The fraction of sp³-hybridized carbons (Fsp3) is 0.400. The number of benzene rings is 2. The number of nitrogens with one attached hydrogen (secondary N) is 1. The van der Waals surface area contributed by atoms with Crippen LogP contribution in [0.5, 0.6) is 11.5 Å². The molecule has 0 bridgehead atoms. The number of carbonyl (C=O) groups excluding carboxylic acids is 1. The van der Waals surface area contributed by atoms with Gasteiger partial charge in [-0.05, 0) is 62.1 Å². The minimum Gasteiger partial charge on any atom is -0.497 e. The molecule has 1 atom stereocenters. The average Bonchev–Trinajstić information content (AvgIpc) is 3.17. The number of thioether (sulfide) groups is 1. The molecule has 0 spiro atoms. The molecule has 0 saturated heterocycles. The van der Waals surface area contributed by atoms with Gasteiger partial charge in [0.1, 0.15) is 11.5 Å². The van der Waals surface area contributed by atoms with Gasteiger partial charge in [-0.15, -0.1) is 10.2 Å². The minimum absolute atomic E-state index is 0.0791. The zero-order chi connectivity index (χ0) is 24.0. The first-order valence-corrected chi connectivity index (χ1v) is 12.0. The van der Waals surface area contributed by atoms with Gasteiger partial charge in [0.05, 0.1) is 12.9 Å². The van der Waals surface area contributed by atoms with E-state index in [1.54, 1.807) is 7.11 Å². The number of amides is 1. The Bertz CT molecular complexity index is 1100. The maximum atomic E-state index is 12.5. The number of aromatic nitrogens is 3. The smallest absolute Gasteiger partial charge is 0.234 e. The molecule has 0 radical (unpaired) electrons. The number of ether oxygens (including phenoxy) is 2. The first-order valence-electron chi connectivity index (χ1n) is 11.0. The Morgan fingerprint density at radius 2 is 1.82 bits per heavy atom. The number of hydrogen-bond donors (Lipinski definition) is 1. The number of hydrogen-bond acceptors (Lipinski definition) is 6. The molecule has 8 heteroatoms. The lowest BCUT2D eigenvalue weighted by molar-refractivity contribution is -0.113. The van der Waals surface area contributed by atoms with Crippen LogP contribution in [0.1, 0.15) is 43.8 Å². The van der Waals surface area contributed by atoms with Crippen LogP contribution in [0.15, 0.2) is 47.6 Å². The van der Waals surface area contributed by atoms with E-state index in [9.17, 15) is 4.79 Å². The summed E-state index contributed by atoms with van der Waals surface area (Å²) in [6, 6.07) is 13.4. The van der Waals surface area contributed by atoms with Gasteiger partial charge < -0.3 is 19.4 Å². The van der Waals surface area contributed by atoms with Crippen LogP contribution in [0.4, 0.5) is 5.69 Å². The molecule has 0 fully saturated rings. The molecule has 7 nitrogen and oxygen atoms in total. The summed E-state index contributed by atoms with van der Waals surface area (Å²) in [4.78, 5) is 12.5. The largest absolute Gasteiger partial charge is 0.497 e. The molecule has 33 heavy (non-hydrogen) atoms. The van der Waals surface area contributed by atoms with Crippen LogP contribution in [0, 0.1) is 19.8 Å². The highest BCUT2D eigenvalue weighted by molar-refractivity contribution is 7.99. The summed E-state index contributed by atoms with van der Waals surface area (Å²) in [5, 5.41) is 12.4. The molecule has 176 valence electrons. The zero-order valence-electron chi connectivity index (χ0n) is 20.1. The molecule has 0 aliphatic heterocycles. The average molecular weight is 469 g/mol. The summed E-state index contributed by atoms with van der Waals surface area (Å²) < 4.78 is 13.4. The molecular formula is C25H32N4O3S. The second-order valence-electron chi connectivity index (χ2n) is 8.42. The molecule has 1 heterocycles. The highest BCUT2D eigenvalue weighted by Gasteiger charge is 2.21. The summed E-state index contributed by atoms with van der Waals surface area (Å²) in [6.45, 7) is 11.0. The third kappa shape index (κ3) is 6.74. The van der Waals surface area contributed by atoms with Gasteiger partial charge >= 0.3 is 0 Å². The molecule has 2 aromatic carbocycles. The van der Waals surface area contributed by atoms with Crippen molar-refractivity contribution < 1.29 is 14.3 Å². The molecule has 1 amide bonds. The van der Waals surface area contributed by atoms with E-state index in [4.69, 9.17) is 9.47 Å². The van der Waals surface area contributed by atoms with Crippen molar-refractivity contribution >= 4 is 23.4 Å². The van der Waals surface area contributed by atoms with Crippen LogP contribution in [-0.4, -0.2) is 33.5 Å². The van der Waals surface area contributed by atoms with Crippen molar-refractivity contribution in [2.75, 3.05) is 18.2 Å². The second-order valence-corrected chi connectivity index (χ2v) is 9.36. The van der Waals surface area contributed by atoms with Gasteiger partial charge in [0, 0.05) is 18.3 Å². The van der Waals surface area contributed by atoms with Crippen LogP contribution in [0.3, 0.4) is 0 Å². The molecule has 3 rings (SSSR count). The van der Waals surface area contributed by atoms with Gasteiger partial charge in [0.25, 0.3) is 0 Å². The molecule has 3 aromatic rings. The van der Waals surface area contributed by atoms with Crippen LogP contribution in [0.2, 0.25) is 0 Å². The molecule has 0 saturated carbocycles. The maximum absolute atomic E-state index is 12.5. The molecule has 0 aliphatic rings. The third-order valence-electron chi connectivity index (χ3n) is 5.13. The highest BCUT2D eigenvalue weighted by Crippen LogP contribution is 2.27. The standard InChI is InChI=1S/C25H32N4O3S/c1-16(2)14-29-24(19(5)32-22-9-7-8-21(13-22)31-6)27-28-25(29)33-15-23(30)26-20-11-10-17(3)18(4)12-20/h7-13,16,19H,14-15H2,1-6H3,(H,26,30). The Balaban J connectivity index is 1.70. The predicted octanol–water partition coefficient (Wildman–Crippen LogP) is 5.43. The summed E-state index contributed by atoms with van der Waals surface area (Å²) >= 11 is 1.38. The number of methoxy groups -OCH3 is 1. The van der Waals surface area contributed by atoms with Crippen LogP contribution < -0.4 is 14.8 Å². The summed E-state index contributed by atoms with van der Waals surface area (Å²) in [5.41, 5.74) is 3.14. The first kappa shape index (κ1) is 24.6. The molecule has 1 N–H and O–H groups in total. The lowest BCUT2D eigenvalue weighted by Gasteiger charge is -2.18. The Morgan fingerprint density at radius 1 is 1.06 bits per heavy atom.